The maximum absolute atomic E-state index is 9.60. The number of phenols is 2. The molecule has 4 heteroatoms. The van der Waals surface area contributed by atoms with Crippen molar-refractivity contribution in [2.24, 2.45) is 0 Å². The Bertz CT molecular complexity index is 665. The number of rotatable bonds is 9. The molecule has 0 saturated carbocycles. The minimum absolute atomic E-state index is 0.0575. The highest BCUT2D eigenvalue weighted by Gasteiger charge is 2.08. The zero-order valence-corrected chi connectivity index (χ0v) is 15.5. The molecule has 0 amide bonds. The van der Waals surface area contributed by atoms with Crippen LogP contribution in [0.1, 0.15) is 30.0 Å². The molecule has 0 fully saturated rings. The van der Waals surface area contributed by atoms with Crippen LogP contribution in [-0.4, -0.2) is 41.4 Å². The molecule has 2 N–H and O–H groups in total. The minimum atomic E-state index is -0.0730. The van der Waals surface area contributed by atoms with E-state index in [2.05, 4.69) is 37.8 Å². The third-order valence-corrected chi connectivity index (χ3v) is 4.36. The van der Waals surface area contributed by atoms with Gasteiger partial charge in [0.15, 0.2) is 11.5 Å². The van der Waals surface area contributed by atoms with Gasteiger partial charge in [0.05, 0.1) is 0 Å². The molecule has 25 heavy (non-hydrogen) atoms. The van der Waals surface area contributed by atoms with Crippen LogP contribution in [0.3, 0.4) is 0 Å². The molecule has 0 heterocycles. The molecule has 4 nitrogen and oxygen atoms in total. The Morgan fingerprint density at radius 1 is 0.920 bits per heavy atom. The number of hydrogen-bond acceptors (Lipinski definition) is 4. The second-order valence-corrected chi connectivity index (χ2v) is 6.48. The van der Waals surface area contributed by atoms with Crippen molar-refractivity contribution in [1.29, 1.82) is 0 Å². The van der Waals surface area contributed by atoms with Crippen LogP contribution in [-0.2, 0) is 6.42 Å². The number of phenolic OH excluding ortho intramolecular Hbond substituents is 2. The summed E-state index contributed by atoms with van der Waals surface area (Å²) in [5, 5.41) is 19.0. The van der Waals surface area contributed by atoms with Gasteiger partial charge in [0.1, 0.15) is 12.4 Å². The highest BCUT2D eigenvalue weighted by molar-refractivity contribution is 5.41. The Hall–Kier alpha value is -2.20. The maximum Gasteiger partial charge on any atom is 0.157 e. The molecule has 2 rings (SSSR count). The summed E-state index contributed by atoms with van der Waals surface area (Å²) in [5.41, 5.74) is 3.36. The van der Waals surface area contributed by atoms with Crippen LogP contribution in [0.2, 0.25) is 0 Å². The van der Waals surface area contributed by atoms with Crippen molar-refractivity contribution in [3.05, 3.63) is 53.1 Å². The van der Waals surface area contributed by atoms with Gasteiger partial charge in [-0.1, -0.05) is 31.2 Å². The molecule has 0 saturated heterocycles. The molecular weight excluding hydrogens is 314 g/mol. The van der Waals surface area contributed by atoms with Gasteiger partial charge in [0.25, 0.3) is 0 Å². The summed E-state index contributed by atoms with van der Waals surface area (Å²) in [6.45, 7) is 9.76. The fraction of sp³-hybridized carbons (Fsp3) is 0.429. The zero-order chi connectivity index (χ0) is 18.2. The molecule has 0 atom stereocenters. The van der Waals surface area contributed by atoms with Gasteiger partial charge in [-0.05, 0) is 62.1 Å². The molecule has 0 radical (unpaired) electrons. The van der Waals surface area contributed by atoms with E-state index >= 15 is 0 Å². The smallest absolute Gasteiger partial charge is 0.157 e. The lowest BCUT2D eigenvalue weighted by molar-refractivity contribution is 0.209. The molecular formula is C21H29NO3. The Balaban J connectivity index is 1.86. The van der Waals surface area contributed by atoms with Gasteiger partial charge in [0.2, 0.25) is 0 Å². The van der Waals surface area contributed by atoms with E-state index in [1.807, 2.05) is 12.1 Å². The average molecular weight is 343 g/mol. The van der Waals surface area contributed by atoms with E-state index in [9.17, 15) is 10.2 Å². The maximum atomic E-state index is 9.60. The number of aromatic hydroxyl groups is 2. The lowest BCUT2D eigenvalue weighted by Gasteiger charge is -2.22. The van der Waals surface area contributed by atoms with Crippen molar-refractivity contribution >= 4 is 0 Å². The number of ether oxygens (including phenoxy) is 1. The number of hydrogen-bond donors (Lipinski definition) is 2. The summed E-state index contributed by atoms with van der Waals surface area (Å²) in [6, 6.07) is 11.2. The summed E-state index contributed by atoms with van der Waals surface area (Å²) in [6.07, 6.45) is 1.92. The Labute approximate surface area is 150 Å². The van der Waals surface area contributed by atoms with Gasteiger partial charge in [-0.2, -0.15) is 0 Å². The van der Waals surface area contributed by atoms with Crippen LogP contribution in [0, 0.1) is 13.8 Å². The van der Waals surface area contributed by atoms with Crippen LogP contribution >= 0.6 is 0 Å². The quantitative estimate of drug-likeness (QED) is 0.675. The van der Waals surface area contributed by atoms with Crippen LogP contribution < -0.4 is 4.74 Å². The second-order valence-electron chi connectivity index (χ2n) is 6.48. The van der Waals surface area contributed by atoms with Crippen molar-refractivity contribution in [3.63, 3.8) is 0 Å². The van der Waals surface area contributed by atoms with Crippen molar-refractivity contribution in [1.82, 2.24) is 4.90 Å². The fourth-order valence-electron chi connectivity index (χ4n) is 2.97. The number of aryl methyl sites for hydroxylation is 2. The molecule has 0 spiro atoms. The van der Waals surface area contributed by atoms with Crippen molar-refractivity contribution < 1.29 is 14.9 Å². The van der Waals surface area contributed by atoms with Gasteiger partial charge < -0.3 is 14.9 Å². The molecule has 0 aliphatic rings. The molecule has 0 unspecified atom stereocenters. The first-order valence-electron chi connectivity index (χ1n) is 8.93. The number of benzene rings is 2. The van der Waals surface area contributed by atoms with Crippen molar-refractivity contribution in [3.8, 4) is 17.2 Å². The van der Waals surface area contributed by atoms with E-state index in [0.717, 1.165) is 43.8 Å². The number of nitrogens with zero attached hydrogens (tertiary/aromatic N) is 1. The Kier molecular flexibility index (Phi) is 7.14. The summed E-state index contributed by atoms with van der Waals surface area (Å²) in [4.78, 5) is 2.37. The van der Waals surface area contributed by atoms with Gasteiger partial charge in [0, 0.05) is 13.1 Å². The molecule has 0 aromatic heterocycles. The largest absolute Gasteiger partial charge is 0.504 e. The molecule has 0 aliphatic heterocycles. The van der Waals surface area contributed by atoms with Crippen LogP contribution in [0.15, 0.2) is 36.4 Å². The standard InChI is InChI=1S/C21H29NO3/c1-4-11-22(12-10-18-8-9-19(23)20(24)15-18)13-14-25-21-16(2)6-5-7-17(21)3/h5-9,15,23-24H,4,10-14H2,1-3H3. The predicted molar refractivity (Wildman–Crippen MR) is 102 cm³/mol. The Morgan fingerprint density at radius 2 is 1.64 bits per heavy atom. The third-order valence-electron chi connectivity index (χ3n) is 4.36. The summed E-state index contributed by atoms with van der Waals surface area (Å²) in [5.74, 6) is 0.858. The van der Waals surface area contributed by atoms with E-state index in [1.54, 1.807) is 12.1 Å². The number of para-hydroxylation sites is 1. The molecule has 2 aromatic rings. The topological polar surface area (TPSA) is 52.9 Å². The van der Waals surface area contributed by atoms with Crippen molar-refractivity contribution in [2.45, 2.75) is 33.6 Å². The molecule has 2 aromatic carbocycles. The summed E-state index contributed by atoms with van der Waals surface area (Å²) >= 11 is 0. The van der Waals surface area contributed by atoms with Gasteiger partial charge >= 0.3 is 0 Å². The first-order chi connectivity index (χ1) is 12.0. The minimum Gasteiger partial charge on any atom is -0.504 e. The highest BCUT2D eigenvalue weighted by Crippen LogP contribution is 2.25. The lowest BCUT2D eigenvalue weighted by atomic mass is 10.1. The van der Waals surface area contributed by atoms with Gasteiger partial charge in [-0.15, -0.1) is 0 Å². The highest BCUT2D eigenvalue weighted by atomic mass is 16.5. The van der Waals surface area contributed by atoms with E-state index in [-0.39, 0.29) is 11.5 Å². The molecule has 0 bridgehead atoms. The van der Waals surface area contributed by atoms with E-state index in [4.69, 9.17) is 4.74 Å². The fourth-order valence-corrected chi connectivity index (χ4v) is 2.97. The van der Waals surface area contributed by atoms with Crippen LogP contribution in [0.5, 0.6) is 17.2 Å². The zero-order valence-electron chi connectivity index (χ0n) is 15.5. The normalized spacial score (nSPS) is 11.0. The summed E-state index contributed by atoms with van der Waals surface area (Å²) < 4.78 is 6.02. The lowest BCUT2D eigenvalue weighted by Crippen LogP contribution is -2.31. The molecule has 136 valence electrons. The van der Waals surface area contributed by atoms with Crippen LogP contribution in [0.4, 0.5) is 0 Å². The predicted octanol–water partition coefficient (Wildman–Crippen LogP) is 4.05. The Morgan fingerprint density at radius 3 is 2.28 bits per heavy atom. The monoisotopic (exact) mass is 343 g/mol. The van der Waals surface area contributed by atoms with Gasteiger partial charge in [-0.3, -0.25) is 4.90 Å². The van der Waals surface area contributed by atoms with Crippen molar-refractivity contribution in [2.75, 3.05) is 26.2 Å². The first kappa shape index (κ1) is 19.1. The van der Waals surface area contributed by atoms with Gasteiger partial charge in [-0.25, -0.2) is 0 Å². The average Bonchev–Trinajstić information content (AvgIpc) is 2.58. The third kappa shape index (κ3) is 5.68. The van der Waals surface area contributed by atoms with Crippen LogP contribution in [0.25, 0.3) is 0 Å². The summed E-state index contributed by atoms with van der Waals surface area (Å²) in [7, 11) is 0. The SMILES string of the molecule is CCCN(CCOc1c(C)cccc1C)CCc1ccc(O)c(O)c1. The first-order valence-corrected chi connectivity index (χ1v) is 8.93. The van der Waals surface area contributed by atoms with E-state index in [0.29, 0.717) is 6.61 Å². The molecule has 0 aliphatic carbocycles. The van der Waals surface area contributed by atoms with E-state index < -0.39 is 0 Å². The second kappa shape index (κ2) is 9.33. The van der Waals surface area contributed by atoms with E-state index in [1.165, 1.54) is 11.1 Å².